The average molecular weight is 283 g/mol. The first-order valence-electron chi connectivity index (χ1n) is 6.24. The van der Waals surface area contributed by atoms with E-state index in [1.54, 1.807) is 32.0 Å². The molecule has 0 aliphatic carbocycles. The van der Waals surface area contributed by atoms with Crippen molar-refractivity contribution in [3.8, 4) is 6.07 Å². The molecule has 21 heavy (non-hydrogen) atoms. The van der Waals surface area contributed by atoms with E-state index >= 15 is 0 Å². The molecule has 2 rings (SSSR count). The number of para-hydroxylation sites is 1. The number of nitro groups is 1. The number of aromatic nitrogens is 2. The van der Waals surface area contributed by atoms with Crippen LogP contribution in [0.2, 0.25) is 0 Å². The van der Waals surface area contributed by atoms with E-state index in [9.17, 15) is 15.4 Å². The van der Waals surface area contributed by atoms with Gasteiger partial charge in [0.1, 0.15) is 11.6 Å². The number of anilines is 1. The Morgan fingerprint density at radius 1 is 1.33 bits per heavy atom. The largest absolute Gasteiger partial charge is 0.363 e. The van der Waals surface area contributed by atoms with Gasteiger partial charge < -0.3 is 5.32 Å². The maximum atomic E-state index is 11.0. The van der Waals surface area contributed by atoms with E-state index < -0.39 is 4.92 Å². The van der Waals surface area contributed by atoms with Crippen LogP contribution < -0.4 is 5.32 Å². The molecular weight excluding hydrogens is 270 g/mol. The monoisotopic (exact) mass is 283 g/mol. The topological polar surface area (TPSA) is 105 Å². The minimum absolute atomic E-state index is 0.0281. The molecule has 0 spiro atoms. The van der Waals surface area contributed by atoms with Crippen molar-refractivity contribution in [2.24, 2.45) is 0 Å². The average Bonchev–Trinajstić information content (AvgIpc) is 2.48. The van der Waals surface area contributed by atoms with E-state index in [1.165, 1.54) is 6.07 Å². The van der Waals surface area contributed by atoms with Gasteiger partial charge in [0.15, 0.2) is 5.82 Å². The van der Waals surface area contributed by atoms with E-state index in [0.29, 0.717) is 22.6 Å². The van der Waals surface area contributed by atoms with Crippen LogP contribution >= 0.6 is 0 Å². The number of hydrogen-bond donors (Lipinski definition) is 1. The summed E-state index contributed by atoms with van der Waals surface area (Å²) >= 11 is 0. The van der Waals surface area contributed by atoms with Gasteiger partial charge in [-0.2, -0.15) is 10.4 Å². The molecule has 0 saturated heterocycles. The lowest BCUT2D eigenvalue weighted by molar-refractivity contribution is -0.385. The quantitative estimate of drug-likeness (QED) is 0.682. The second kappa shape index (κ2) is 5.96. The van der Waals surface area contributed by atoms with Crippen LogP contribution in [-0.4, -0.2) is 15.1 Å². The van der Waals surface area contributed by atoms with Crippen LogP contribution in [0, 0.1) is 35.3 Å². The van der Waals surface area contributed by atoms with Crippen molar-refractivity contribution < 1.29 is 4.92 Å². The minimum atomic E-state index is -0.436. The zero-order valence-electron chi connectivity index (χ0n) is 11.6. The maximum Gasteiger partial charge on any atom is 0.274 e. The third-order valence-electron chi connectivity index (χ3n) is 3.20. The van der Waals surface area contributed by atoms with Crippen LogP contribution in [0.1, 0.15) is 22.4 Å². The molecule has 7 heteroatoms. The third kappa shape index (κ3) is 2.95. The first-order chi connectivity index (χ1) is 10.0. The normalized spacial score (nSPS) is 9.95. The van der Waals surface area contributed by atoms with Gasteiger partial charge in [-0.25, -0.2) is 0 Å². The zero-order chi connectivity index (χ0) is 15.4. The van der Waals surface area contributed by atoms with Crippen molar-refractivity contribution in [1.82, 2.24) is 10.2 Å². The lowest BCUT2D eigenvalue weighted by Crippen LogP contribution is -2.08. The summed E-state index contributed by atoms with van der Waals surface area (Å²) in [6.07, 6.45) is 0. The highest BCUT2D eigenvalue weighted by Gasteiger charge is 2.14. The molecule has 0 fully saturated rings. The summed E-state index contributed by atoms with van der Waals surface area (Å²) in [5.74, 6) is 0.332. The number of nitriles is 1. The van der Waals surface area contributed by atoms with Crippen LogP contribution in [0.3, 0.4) is 0 Å². The van der Waals surface area contributed by atoms with Crippen molar-refractivity contribution in [2.45, 2.75) is 20.4 Å². The lowest BCUT2D eigenvalue weighted by atomic mass is 10.1. The van der Waals surface area contributed by atoms with Gasteiger partial charge in [-0.3, -0.25) is 10.1 Å². The fourth-order valence-electron chi connectivity index (χ4n) is 1.89. The first-order valence-corrected chi connectivity index (χ1v) is 6.24. The first kappa shape index (κ1) is 14.4. The van der Waals surface area contributed by atoms with Crippen LogP contribution in [0.5, 0.6) is 0 Å². The van der Waals surface area contributed by atoms with E-state index in [-0.39, 0.29) is 12.2 Å². The molecule has 0 atom stereocenters. The van der Waals surface area contributed by atoms with E-state index in [1.807, 2.05) is 0 Å². The number of hydrogen-bond acceptors (Lipinski definition) is 6. The highest BCUT2D eigenvalue weighted by Crippen LogP contribution is 2.21. The van der Waals surface area contributed by atoms with E-state index in [2.05, 4.69) is 21.6 Å². The molecule has 1 N–H and O–H groups in total. The zero-order valence-corrected chi connectivity index (χ0v) is 11.6. The van der Waals surface area contributed by atoms with Gasteiger partial charge in [-0.15, -0.1) is 5.10 Å². The van der Waals surface area contributed by atoms with Gasteiger partial charge in [-0.05, 0) is 19.4 Å². The number of rotatable bonds is 4. The van der Waals surface area contributed by atoms with Crippen molar-refractivity contribution in [3.63, 3.8) is 0 Å². The number of nitro benzene ring substituents is 1. The van der Waals surface area contributed by atoms with Gasteiger partial charge in [0.2, 0.25) is 0 Å². The molecule has 7 nitrogen and oxygen atoms in total. The SMILES string of the molecule is Cc1nnc(NCc2ccccc2[N+](=O)[O-])c(C#N)c1C. The molecule has 0 amide bonds. The van der Waals surface area contributed by atoms with Crippen molar-refractivity contribution in [3.05, 3.63) is 56.8 Å². The summed E-state index contributed by atoms with van der Waals surface area (Å²) in [5.41, 5.74) is 2.38. The van der Waals surface area contributed by atoms with Gasteiger partial charge >= 0.3 is 0 Å². The van der Waals surface area contributed by atoms with Crippen molar-refractivity contribution in [2.75, 3.05) is 5.32 Å². The highest BCUT2D eigenvalue weighted by molar-refractivity contribution is 5.56. The Hall–Kier alpha value is -3.01. The molecule has 106 valence electrons. The Morgan fingerprint density at radius 3 is 2.71 bits per heavy atom. The molecule has 1 aromatic heterocycles. The number of aryl methyl sites for hydroxylation is 1. The molecule has 1 aromatic carbocycles. The van der Waals surface area contributed by atoms with E-state index in [0.717, 1.165) is 5.56 Å². The van der Waals surface area contributed by atoms with Gasteiger partial charge in [0.05, 0.1) is 10.6 Å². The van der Waals surface area contributed by atoms with Crippen LogP contribution in [-0.2, 0) is 6.54 Å². The van der Waals surface area contributed by atoms with Gasteiger partial charge in [0.25, 0.3) is 5.69 Å². The van der Waals surface area contributed by atoms with Crippen LogP contribution in [0.15, 0.2) is 24.3 Å². The predicted octanol–water partition coefficient (Wildman–Crippen LogP) is 2.49. The standard InChI is InChI=1S/C14H13N5O2/c1-9-10(2)17-18-14(12(9)7-15)16-8-11-5-3-4-6-13(11)19(20)21/h3-6H,8H2,1-2H3,(H,16,18). The number of nitrogens with one attached hydrogen (secondary N) is 1. The van der Waals surface area contributed by atoms with Crippen LogP contribution in [0.25, 0.3) is 0 Å². The minimum Gasteiger partial charge on any atom is -0.363 e. The van der Waals surface area contributed by atoms with Crippen molar-refractivity contribution in [1.29, 1.82) is 5.26 Å². The van der Waals surface area contributed by atoms with Gasteiger partial charge in [0, 0.05) is 18.2 Å². The summed E-state index contributed by atoms with van der Waals surface area (Å²) in [7, 11) is 0. The van der Waals surface area contributed by atoms with Crippen molar-refractivity contribution >= 4 is 11.5 Å². The fourth-order valence-corrected chi connectivity index (χ4v) is 1.89. The summed E-state index contributed by atoms with van der Waals surface area (Å²) in [6.45, 7) is 3.76. The van der Waals surface area contributed by atoms with Crippen LogP contribution in [0.4, 0.5) is 11.5 Å². The molecule has 0 bridgehead atoms. The Balaban J connectivity index is 2.28. The number of nitrogens with zero attached hydrogens (tertiary/aromatic N) is 4. The number of benzene rings is 1. The maximum absolute atomic E-state index is 11.0. The van der Waals surface area contributed by atoms with Gasteiger partial charge in [-0.1, -0.05) is 18.2 Å². The highest BCUT2D eigenvalue weighted by atomic mass is 16.6. The molecular formula is C14H13N5O2. The smallest absolute Gasteiger partial charge is 0.274 e. The fraction of sp³-hybridized carbons (Fsp3) is 0.214. The molecule has 1 heterocycles. The summed E-state index contributed by atoms with van der Waals surface area (Å²) in [6, 6.07) is 8.51. The Labute approximate surface area is 121 Å². The second-order valence-electron chi connectivity index (χ2n) is 4.49. The Kier molecular flexibility index (Phi) is 4.09. The predicted molar refractivity (Wildman–Crippen MR) is 76.6 cm³/mol. The molecule has 0 unspecified atom stereocenters. The summed E-state index contributed by atoms with van der Waals surface area (Å²) < 4.78 is 0. The molecule has 0 aliphatic heterocycles. The molecule has 0 saturated carbocycles. The lowest BCUT2D eigenvalue weighted by Gasteiger charge is -2.09. The third-order valence-corrected chi connectivity index (χ3v) is 3.20. The summed E-state index contributed by atoms with van der Waals surface area (Å²) in [5, 5.41) is 31.0. The van der Waals surface area contributed by atoms with E-state index in [4.69, 9.17) is 0 Å². The molecule has 0 aliphatic rings. The molecule has 0 radical (unpaired) electrons. The Morgan fingerprint density at radius 2 is 2.05 bits per heavy atom. The summed E-state index contributed by atoms with van der Waals surface area (Å²) in [4.78, 5) is 10.5. The molecule has 2 aromatic rings. The second-order valence-corrected chi connectivity index (χ2v) is 4.49. The Bertz CT molecular complexity index is 737.